The second-order valence-corrected chi connectivity index (χ2v) is 7.98. The van der Waals surface area contributed by atoms with Crippen molar-refractivity contribution in [3.05, 3.63) is 132 Å². The summed E-state index contributed by atoms with van der Waals surface area (Å²) in [5, 5.41) is 0. The molecule has 1 aliphatic carbocycles. The first kappa shape index (κ1) is 23.1. The van der Waals surface area contributed by atoms with Crippen LogP contribution >= 0.6 is 0 Å². The van der Waals surface area contributed by atoms with Crippen molar-refractivity contribution in [3.63, 3.8) is 0 Å². The summed E-state index contributed by atoms with van der Waals surface area (Å²) in [5.41, 5.74) is 2.56. The average Bonchev–Trinajstić information content (AvgIpc) is 2.87. The second kappa shape index (κ2) is 10.7. The van der Waals surface area contributed by atoms with Gasteiger partial charge in [0.1, 0.15) is 11.5 Å². The molecule has 0 aliphatic heterocycles. The van der Waals surface area contributed by atoms with Crippen molar-refractivity contribution >= 4 is 17.9 Å². The van der Waals surface area contributed by atoms with Crippen LogP contribution in [-0.4, -0.2) is 11.6 Å². The molecule has 0 saturated carbocycles. The summed E-state index contributed by atoms with van der Waals surface area (Å²) in [6.07, 6.45) is 15.3. The third kappa shape index (κ3) is 5.26. The minimum atomic E-state index is -1.21. The molecule has 3 heteroatoms. The Hall–Kier alpha value is -4.11. The van der Waals surface area contributed by atoms with Crippen molar-refractivity contribution in [1.82, 2.24) is 0 Å². The third-order valence-electron chi connectivity index (χ3n) is 5.50. The summed E-state index contributed by atoms with van der Waals surface area (Å²) in [6, 6.07) is 24.9. The van der Waals surface area contributed by atoms with Crippen LogP contribution in [0.2, 0.25) is 0 Å². The minimum absolute atomic E-state index is 0.0327. The fourth-order valence-electron chi connectivity index (χ4n) is 3.85. The number of carbonyl (C=O) groups excluding carboxylic acids is 1. The van der Waals surface area contributed by atoms with Gasteiger partial charge in [0.25, 0.3) is 5.79 Å². The lowest BCUT2D eigenvalue weighted by atomic mass is 9.92. The molecule has 1 aliphatic rings. The molecule has 0 unspecified atom stereocenters. The van der Waals surface area contributed by atoms with Crippen molar-refractivity contribution in [3.8, 4) is 11.5 Å². The number of hydrogen-bond donors (Lipinski definition) is 0. The summed E-state index contributed by atoms with van der Waals surface area (Å²) in [6.45, 7) is 3.94. The lowest BCUT2D eigenvalue weighted by Crippen LogP contribution is -2.40. The number of ketones is 1. The van der Waals surface area contributed by atoms with E-state index in [1.807, 2.05) is 141 Å². The van der Waals surface area contributed by atoms with Gasteiger partial charge in [-0.25, -0.2) is 0 Å². The van der Waals surface area contributed by atoms with Crippen LogP contribution in [0.1, 0.15) is 35.3 Å². The molecule has 0 spiro atoms. The zero-order valence-corrected chi connectivity index (χ0v) is 19.4. The summed E-state index contributed by atoms with van der Waals surface area (Å²) in [7, 11) is 0. The topological polar surface area (TPSA) is 35.5 Å². The van der Waals surface area contributed by atoms with Gasteiger partial charge >= 0.3 is 0 Å². The van der Waals surface area contributed by atoms with Gasteiger partial charge in [-0.1, -0.05) is 103 Å². The largest absolute Gasteiger partial charge is 0.445 e. The minimum Gasteiger partial charge on any atom is -0.445 e. The first-order valence-electron chi connectivity index (χ1n) is 11.4. The Morgan fingerprint density at radius 3 is 1.68 bits per heavy atom. The third-order valence-corrected chi connectivity index (χ3v) is 5.50. The monoisotopic (exact) mass is 448 g/mol. The van der Waals surface area contributed by atoms with Crippen LogP contribution < -0.4 is 9.47 Å². The molecule has 0 amide bonds. The van der Waals surface area contributed by atoms with Crippen LogP contribution in [0.25, 0.3) is 12.2 Å². The summed E-state index contributed by atoms with van der Waals surface area (Å²) in [4.78, 5) is 13.0. The van der Waals surface area contributed by atoms with E-state index in [-0.39, 0.29) is 11.7 Å². The van der Waals surface area contributed by atoms with Gasteiger partial charge in [0.2, 0.25) is 0 Å². The zero-order chi connectivity index (χ0) is 23.8. The van der Waals surface area contributed by atoms with Gasteiger partial charge in [-0.15, -0.1) is 0 Å². The molecule has 0 atom stereocenters. The fraction of sp³-hybridized carbons (Fsp3) is 0.129. The molecule has 0 N–H and O–H groups in total. The predicted molar refractivity (Wildman–Crippen MR) is 139 cm³/mol. The Bertz CT molecular complexity index is 1170. The number of ether oxygens (including phenoxy) is 2. The normalized spacial score (nSPS) is 15.1. The molecule has 3 aromatic carbocycles. The molecule has 0 aromatic heterocycles. The van der Waals surface area contributed by atoms with Crippen molar-refractivity contribution in [2.45, 2.75) is 19.6 Å². The van der Waals surface area contributed by atoms with E-state index in [1.54, 1.807) is 0 Å². The maximum atomic E-state index is 13.0. The van der Waals surface area contributed by atoms with Gasteiger partial charge in [0, 0.05) is 28.8 Å². The van der Waals surface area contributed by atoms with E-state index in [0.29, 0.717) is 17.1 Å². The molecule has 34 heavy (non-hydrogen) atoms. The molecule has 170 valence electrons. The summed E-state index contributed by atoms with van der Waals surface area (Å²) < 4.78 is 13.0. The van der Waals surface area contributed by atoms with Crippen LogP contribution in [-0.2, 0) is 0 Å². The lowest BCUT2D eigenvalue weighted by molar-refractivity contribution is -0.0296. The predicted octanol–water partition coefficient (Wildman–Crippen LogP) is 7.53. The van der Waals surface area contributed by atoms with Gasteiger partial charge in [0.15, 0.2) is 5.78 Å². The van der Waals surface area contributed by atoms with E-state index < -0.39 is 5.79 Å². The molecule has 3 nitrogen and oxygen atoms in total. The van der Waals surface area contributed by atoms with Gasteiger partial charge in [-0.05, 0) is 26.0 Å². The number of Topliss-reactive ketones (excluding diaryl/α,β-unsaturated/α-hetero) is 1. The molecule has 0 saturated heterocycles. The van der Waals surface area contributed by atoms with Crippen LogP contribution in [0.3, 0.4) is 0 Å². The van der Waals surface area contributed by atoms with Crippen LogP contribution in [0.15, 0.2) is 115 Å². The van der Waals surface area contributed by atoms with E-state index in [4.69, 9.17) is 9.47 Å². The van der Waals surface area contributed by atoms with E-state index in [1.165, 1.54) is 0 Å². The molecule has 3 aromatic rings. The smallest absolute Gasteiger partial charge is 0.291 e. The first-order valence-corrected chi connectivity index (χ1v) is 11.4. The number of hydrogen-bond acceptors (Lipinski definition) is 3. The zero-order valence-electron chi connectivity index (χ0n) is 19.4. The van der Waals surface area contributed by atoms with Crippen LogP contribution in [0.5, 0.6) is 11.5 Å². The first-order chi connectivity index (χ1) is 16.6. The molecular formula is C31H28O3. The second-order valence-electron chi connectivity index (χ2n) is 7.98. The Morgan fingerprint density at radius 2 is 1.18 bits per heavy atom. The summed E-state index contributed by atoms with van der Waals surface area (Å²) in [5.74, 6) is -0.190. The molecule has 0 radical (unpaired) electrons. The maximum absolute atomic E-state index is 13.0. The Labute approximate surface area is 201 Å². The molecule has 0 bridgehead atoms. The lowest BCUT2D eigenvalue weighted by Gasteiger charge is -2.33. The number of carbonyl (C=O) groups is 1. The molecule has 4 rings (SSSR count). The molecular weight excluding hydrogens is 420 g/mol. The van der Waals surface area contributed by atoms with E-state index >= 15 is 0 Å². The number of benzene rings is 3. The van der Waals surface area contributed by atoms with Crippen molar-refractivity contribution < 1.29 is 14.3 Å². The highest BCUT2D eigenvalue weighted by molar-refractivity contribution is 6.00. The quantitative estimate of drug-likeness (QED) is 0.203. The SMILES string of the molecule is C/C=C\c1ccccc1OC1(Oc2ccccc2/C=C\C)C=CC(C(=O)c2ccccc2)C=C1. The maximum Gasteiger partial charge on any atom is 0.291 e. The van der Waals surface area contributed by atoms with Crippen molar-refractivity contribution in [1.29, 1.82) is 0 Å². The van der Waals surface area contributed by atoms with Gasteiger partial charge < -0.3 is 9.47 Å². The Kier molecular flexibility index (Phi) is 7.24. The van der Waals surface area contributed by atoms with E-state index in [9.17, 15) is 4.79 Å². The van der Waals surface area contributed by atoms with Crippen LogP contribution in [0, 0.1) is 5.92 Å². The average molecular weight is 449 g/mol. The fourth-order valence-corrected chi connectivity index (χ4v) is 3.85. The number of allylic oxidation sites excluding steroid dienone is 4. The van der Waals surface area contributed by atoms with Crippen molar-refractivity contribution in [2.24, 2.45) is 5.92 Å². The summed E-state index contributed by atoms with van der Waals surface area (Å²) >= 11 is 0. The van der Waals surface area contributed by atoms with Gasteiger partial charge in [-0.3, -0.25) is 4.79 Å². The highest BCUT2D eigenvalue weighted by Crippen LogP contribution is 2.34. The highest BCUT2D eigenvalue weighted by Gasteiger charge is 2.34. The van der Waals surface area contributed by atoms with Crippen molar-refractivity contribution in [2.75, 3.05) is 0 Å². The van der Waals surface area contributed by atoms with Gasteiger partial charge in [0.05, 0.1) is 5.92 Å². The molecule has 0 fully saturated rings. The van der Waals surface area contributed by atoms with E-state index in [2.05, 4.69) is 0 Å². The highest BCUT2D eigenvalue weighted by atomic mass is 16.7. The van der Waals surface area contributed by atoms with Crippen LogP contribution in [0.4, 0.5) is 0 Å². The number of para-hydroxylation sites is 2. The number of rotatable bonds is 8. The Balaban J connectivity index is 1.70. The standard InChI is InChI=1S/C31H28O3/c1-3-12-24-14-8-10-18-28(24)33-31(34-29-19-11-9-15-25(29)13-4-2)22-20-27(21-23-31)30(32)26-16-6-5-7-17-26/h3-23,27H,1-2H3/b12-3-,13-4-. The molecule has 0 heterocycles. The Morgan fingerprint density at radius 1 is 0.706 bits per heavy atom. The van der Waals surface area contributed by atoms with E-state index in [0.717, 1.165) is 11.1 Å². The van der Waals surface area contributed by atoms with Gasteiger partial charge in [-0.2, -0.15) is 0 Å².